The summed E-state index contributed by atoms with van der Waals surface area (Å²) in [6.45, 7) is 1.96. The molecule has 3 heterocycles. The Morgan fingerprint density at radius 3 is 2.95 bits per heavy atom. The molecule has 3 aromatic rings. The van der Waals surface area contributed by atoms with Crippen molar-refractivity contribution in [2.75, 3.05) is 5.32 Å². The number of fused-ring (bicyclic) bond motifs is 2. The van der Waals surface area contributed by atoms with E-state index in [-0.39, 0.29) is 5.91 Å². The normalized spacial score (nSPS) is 15.4. The topological polar surface area (TPSA) is 59.8 Å². The predicted molar refractivity (Wildman–Crippen MR) is 86.2 cm³/mol. The number of pyridine rings is 1. The van der Waals surface area contributed by atoms with Crippen LogP contribution in [-0.2, 0) is 11.8 Å². The van der Waals surface area contributed by atoms with E-state index in [0.29, 0.717) is 5.57 Å². The van der Waals surface area contributed by atoms with Crippen LogP contribution in [0.25, 0.3) is 22.7 Å². The van der Waals surface area contributed by atoms with E-state index in [1.807, 2.05) is 50.4 Å². The van der Waals surface area contributed by atoms with Crippen LogP contribution in [0.5, 0.6) is 0 Å². The van der Waals surface area contributed by atoms with E-state index in [2.05, 4.69) is 15.4 Å². The number of para-hydroxylation sites is 1. The summed E-state index contributed by atoms with van der Waals surface area (Å²) in [5.74, 6) is -0.0794. The highest BCUT2D eigenvalue weighted by Gasteiger charge is 2.23. The van der Waals surface area contributed by atoms with Crippen LogP contribution in [0.2, 0.25) is 0 Å². The summed E-state index contributed by atoms with van der Waals surface area (Å²) in [6.07, 6.45) is 3.64. The standard InChI is InChI=1S/C17H14N4O/c1-10-13-7-11(9-18-16(13)21(2)20-10)8-14-12-5-3-4-6-15(12)19-17(14)22/h3-9H,1-2H3,(H,19,22)/b14-8+. The van der Waals surface area contributed by atoms with Gasteiger partial charge in [0, 0.05) is 35.5 Å². The second-order valence-corrected chi connectivity index (χ2v) is 5.41. The predicted octanol–water partition coefficient (Wildman–Crippen LogP) is 2.77. The van der Waals surface area contributed by atoms with Crippen molar-refractivity contribution >= 4 is 34.3 Å². The van der Waals surface area contributed by atoms with Gasteiger partial charge in [0.05, 0.1) is 5.69 Å². The van der Waals surface area contributed by atoms with Crippen LogP contribution in [0, 0.1) is 6.92 Å². The Morgan fingerprint density at radius 1 is 1.27 bits per heavy atom. The first-order valence-electron chi connectivity index (χ1n) is 7.05. The average molecular weight is 290 g/mol. The lowest BCUT2D eigenvalue weighted by atomic mass is 10.0. The number of anilines is 1. The Morgan fingerprint density at radius 2 is 2.09 bits per heavy atom. The number of rotatable bonds is 1. The minimum absolute atomic E-state index is 0.0794. The summed E-state index contributed by atoms with van der Waals surface area (Å²) in [6, 6.07) is 9.71. The Labute approximate surface area is 127 Å². The first-order valence-corrected chi connectivity index (χ1v) is 7.05. The van der Waals surface area contributed by atoms with Crippen molar-refractivity contribution in [1.82, 2.24) is 14.8 Å². The second-order valence-electron chi connectivity index (χ2n) is 5.41. The van der Waals surface area contributed by atoms with Gasteiger partial charge in [-0.2, -0.15) is 5.10 Å². The van der Waals surface area contributed by atoms with E-state index in [0.717, 1.165) is 33.5 Å². The van der Waals surface area contributed by atoms with Gasteiger partial charge in [-0.3, -0.25) is 9.48 Å². The van der Waals surface area contributed by atoms with E-state index in [4.69, 9.17) is 0 Å². The SMILES string of the molecule is Cc1nn(C)c2ncc(/C=C3/C(=O)Nc4ccccc43)cc12. The van der Waals surface area contributed by atoms with Gasteiger partial charge in [-0.05, 0) is 30.7 Å². The maximum absolute atomic E-state index is 12.2. The molecule has 0 saturated heterocycles. The fourth-order valence-electron chi connectivity index (χ4n) is 2.85. The number of nitrogens with one attached hydrogen (secondary N) is 1. The molecule has 0 aliphatic carbocycles. The molecule has 0 unspecified atom stereocenters. The number of amides is 1. The molecule has 4 rings (SSSR count). The van der Waals surface area contributed by atoms with E-state index < -0.39 is 0 Å². The molecule has 1 amide bonds. The molecular formula is C17H14N4O. The molecule has 1 aliphatic heterocycles. The fourth-order valence-corrected chi connectivity index (χ4v) is 2.85. The molecule has 1 aliphatic rings. The summed E-state index contributed by atoms with van der Waals surface area (Å²) >= 11 is 0. The van der Waals surface area contributed by atoms with Crippen molar-refractivity contribution in [3.8, 4) is 0 Å². The van der Waals surface area contributed by atoms with E-state index >= 15 is 0 Å². The molecule has 2 aromatic heterocycles. The molecule has 5 nitrogen and oxygen atoms in total. The van der Waals surface area contributed by atoms with Gasteiger partial charge in [-0.25, -0.2) is 4.98 Å². The zero-order valence-electron chi connectivity index (χ0n) is 12.3. The van der Waals surface area contributed by atoms with Gasteiger partial charge >= 0.3 is 0 Å². The van der Waals surface area contributed by atoms with Crippen molar-refractivity contribution in [2.24, 2.45) is 7.05 Å². The first kappa shape index (κ1) is 12.8. The molecule has 0 spiro atoms. The lowest BCUT2D eigenvalue weighted by molar-refractivity contribution is -0.110. The van der Waals surface area contributed by atoms with E-state index in [1.165, 1.54) is 0 Å². The Bertz CT molecular complexity index is 952. The quantitative estimate of drug-likeness (QED) is 0.701. The van der Waals surface area contributed by atoms with Gasteiger partial charge in [0.2, 0.25) is 0 Å². The van der Waals surface area contributed by atoms with Crippen molar-refractivity contribution < 1.29 is 4.79 Å². The maximum Gasteiger partial charge on any atom is 0.256 e. The van der Waals surface area contributed by atoms with Gasteiger partial charge in [0.1, 0.15) is 0 Å². The highest BCUT2D eigenvalue weighted by molar-refractivity contribution is 6.34. The zero-order valence-corrected chi connectivity index (χ0v) is 12.3. The van der Waals surface area contributed by atoms with Gasteiger partial charge < -0.3 is 5.32 Å². The third kappa shape index (κ3) is 1.83. The van der Waals surface area contributed by atoms with Crippen LogP contribution in [0.15, 0.2) is 36.5 Å². The van der Waals surface area contributed by atoms with Crippen LogP contribution < -0.4 is 5.32 Å². The molecular weight excluding hydrogens is 276 g/mol. The molecule has 0 radical (unpaired) electrons. The molecule has 0 bridgehead atoms. The number of hydrogen-bond donors (Lipinski definition) is 1. The van der Waals surface area contributed by atoms with Crippen LogP contribution >= 0.6 is 0 Å². The van der Waals surface area contributed by atoms with E-state index in [1.54, 1.807) is 10.9 Å². The van der Waals surface area contributed by atoms with Gasteiger partial charge in [0.15, 0.2) is 5.65 Å². The minimum atomic E-state index is -0.0794. The summed E-state index contributed by atoms with van der Waals surface area (Å²) < 4.78 is 1.76. The van der Waals surface area contributed by atoms with Crippen LogP contribution in [0.4, 0.5) is 5.69 Å². The van der Waals surface area contributed by atoms with Crippen LogP contribution in [0.3, 0.4) is 0 Å². The number of benzene rings is 1. The van der Waals surface area contributed by atoms with Crippen molar-refractivity contribution in [3.05, 3.63) is 53.3 Å². The Balaban J connectivity index is 1.86. The molecule has 0 fully saturated rings. The molecule has 5 heteroatoms. The van der Waals surface area contributed by atoms with Crippen molar-refractivity contribution in [3.63, 3.8) is 0 Å². The number of aryl methyl sites for hydroxylation is 2. The molecule has 0 atom stereocenters. The average Bonchev–Trinajstić information content (AvgIpc) is 2.97. The number of carbonyl (C=O) groups is 1. The largest absolute Gasteiger partial charge is 0.321 e. The number of hydrogen-bond acceptors (Lipinski definition) is 3. The Hall–Kier alpha value is -2.95. The van der Waals surface area contributed by atoms with Gasteiger partial charge in [0.25, 0.3) is 5.91 Å². The summed E-state index contributed by atoms with van der Waals surface area (Å²) in [7, 11) is 1.88. The van der Waals surface area contributed by atoms with Crippen LogP contribution in [0.1, 0.15) is 16.8 Å². The summed E-state index contributed by atoms with van der Waals surface area (Å²) in [5, 5.41) is 8.25. The summed E-state index contributed by atoms with van der Waals surface area (Å²) in [4.78, 5) is 16.6. The number of carbonyl (C=O) groups excluding carboxylic acids is 1. The second kappa shape index (κ2) is 4.53. The third-order valence-corrected chi connectivity index (χ3v) is 3.91. The molecule has 22 heavy (non-hydrogen) atoms. The lowest BCUT2D eigenvalue weighted by Crippen LogP contribution is -2.03. The smallest absolute Gasteiger partial charge is 0.256 e. The molecule has 1 N–H and O–H groups in total. The van der Waals surface area contributed by atoms with Crippen molar-refractivity contribution in [1.29, 1.82) is 0 Å². The first-order chi connectivity index (χ1) is 10.6. The Kier molecular flexibility index (Phi) is 2.63. The van der Waals surface area contributed by atoms with E-state index in [9.17, 15) is 4.79 Å². The van der Waals surface area contributed by atoms with Gasteiger partial charge in [-0.1, -0.05) is 18.2 Å². The summed E-state index contributed by atoms with van der Waals surface area (Å²) in [5.41, 5.74) is 5.11. The number of nitrogens with zero attached hydrogens (tertiary/aromatic N) is 3. The minimum Gasteiger partial charge on any atom is -0.321 e. The zero-order chi connectivity index (χ0) is 15.3. The van der Waals surface area contributed by atoms with Gasteiger partial charge in [-0.15, -0.1) is 0 Å². The maximum atomic E-state index is 12.2. The highest BCUT2D eigenvalue weighted by atomic mass is 16.2. The molecule has 0 saturated carbocycles. The van der Waals surface area contributed by atoms with Crippen LogP contribution in [-0.4, -0.2) is 20.7 Å². The number of aromatic nitrogens is 3. The third-order valence-electron chi connectivity index (χ3n) is 3.91. The molecule has 108 valence electrons. The highest BCUT2D eigenvalue weighted by Crippen LogP contribution is 2.32. The van der Waals surface area contributed by atoms with Crippen molar-refractivity contribution in [2.45, 2.75) is 6.92 Å². The molecule has 1 aromatic carbocycles. The lowest BCUT2D eigenvalue weighted by Gasteiger charge is -1.99. The monoisotopic (exact) mass is 290 g/mol. The fraction of sp³-hybridized carbons (Fsp3) is 0.118.